The molecule has 0 fully saturated rings. The van der Waals surface area contributed by atoms with Gasteiger partial charge in [-0.15, -0.1) is 0 Å². The summed E-state index contributed by atoms with van der Waals surface area (Å²) in [4.78, 5) is 0.179. The predicted molar refractivity (Wildman–Crippen MR) is 98.3 cm³/mol. The maximum absolute atomic E-state index is 3.89. The van der Waals surface area contributed by atoms with E-state index in [4.69, 9.17) is 0 Å². The van der Waals surface area contributed by atoms with Gasteiger partial charge in [0, 0.05) is 4.47 Å². The van der Waals surface area contributed by atoms with Crippen LogP contribution in [0.2, 0.25) is 0 Å². The molecule has 0 aromatic heterocycles. The highest BCUT2D eigenvalue weighted by Crippen LogP contribution is 2.39. The number of halogens is 2. The lowest BCUT2D eigenvalue weighted by atomic mass is 9.95. The molecule has 0 bridgehead atoms. The van der Waals surface area contributed by atoms with E-state index >= 15 is 0 Å². The highest BCUT2D eigenvalue weighted by molar-refractivity contribution is 9.11. The maximum atomic E-state index is 3.89. The molecule has 0 amide bonds. The van der Waals surface area contributed by atoms with E-state index in [0.717, 1.165) is 4.47 Å². The molecule has 0 radical (unpaired) electrons. The summed E-state index contributed by atoms with van der Waals surface area (Å²) in [6.07, 6.45) is 0. The molecule has 0 saturated carbocycles. The Morgan fingerprint density at radius 3 is 2.19 bits per heavy atom. The second-order valence-electron chi connectivity index (χ2n) is 5.40. The highest BCUT2D eigenvalue weighted by Gasteiger charge is 2.16. The third-order valence-electron chi connectivity index (χ3n) is 3.88. The maximum Gasteiger partial charge on any atom is 0.0661 e. The molecule has 0 aliphatic carbocycles. The van der Waals surface area contributed by atoms with E-state index in [0.29, 0.717) is 0 Å². The first-order valence-electron chi connectivity index (χ1n) is 6.96. The van der Waals surface area contributed by atoms with Crippen molar-refractivity contribution in [2.24, 2.45) is 0 Å². The van der Waals surface area contributed by atoms with Crippen LogP contribution in [0.5, 0.6) is 0 Å². The van der Waals surface area contributed by atoms with Crippen LogP contribution < -0.4 is 0 Å². The largest absolute Gasteiger partial charge is 0.0786 e. The zero-order valence-electron chi connectivity index (χ0n) is 12.0. The van der Waals surface area contributed by atoms with Crippen molar-refractivity contribution >= 4 is 42.6 Å². The fourth-order valence-electron chi connectivity index (χ4n) is 2.70. The molecule has 0 aliphatic heterocycles. The molecule has 106 valence electrons. The zero-order chi connectivity index (χ0) is 15.0. The monoisotopic (exact) mass is 402 g/mol. The molecule has 0 N–H and O–H groups in total. The summed E-state index contributed by atoms with van der Waals surface area (Å²) in [7, 11) is 0. The Kier molecular flexibility index (Phi) is 4.19. The van der Waals surface area contributed by atoms with E-state index in [-0.39, 0.29) is 4.83 Å². The molecule has 3 aromatic carbocycles. The number of alkyl halides is 1. The Labute approximate surface area is 142 Å². The first-order chi connectivity index (χ1) is 10.1. The van der Waals surface area contributed by atoms with Gasteiger partial charge in [-0.3, -0.25) is 0 Å². The number of rotatable bonds is 2. The van der Waals surface area contributed by atoms with Crippen LogP contribution in [0.15, 0.2) is 59.1 Å². The SMILES string of the molecule is Cc1ccc(C(Br)c2ccc(C)c3ccccc23)c(Br)c1. The van der Waals surface area contributed by atoms with Gasteiger partial charge in [-0.1, -0.05) is 80.4 Å². The highest BCUT2D eigenvalue weighted by atomic mass is 79.9. The van der Waals surface area contributed by atoms with E-state index in [1.54, 1.807) is 0 Å². The fourth-order valence-corrected chi connectivity index (χ4v) is 4.53. The number of benzene rings is 3. The van der Waals surface area contributed by atoms with Gasteiger partial charge in [-0.25, -0.2) is 0 Å². The van der Waals surface area contributed by atoms with Crippen molar-refractivity contribution in [3.05, 3.63) is 81.3 Å². The van der Waals surface area contributed by atoms with Crippen molar-refractivity contribution in [3.8, 4) is 0 Å². The van der Waals surface area contributed by atoms with E-state index in [9.17, 15) is 0 Å². The summed E-state index contributed by atoms with van der Waals surface area (Å²) in [6, 6.07) is 19.5. The van der Waals surface area contributed by atoms with Crippen molar-refractivity contribution in [3.63, 3.8) is 0 Å². The van der Waals surface area contributed by atoms with E-state index < -0.39 is 0 Å². The topological polar surface area (TPSA) is 0 Å². The second kappa shape index (κ2) is 5.94. The molecule has 1 atom stereocenters. The van der Waals surface area contributed by atoms with Crippen LogP contribution in [0.4, 0.5) is 0 Å². The van der Waals surface area contributed by atoms with Gasteiger partial charge in [0.15, 0.2) is 0 Å². The summed E-state index contributed by atoms with van der Waals surface area (Å²) in [5, 5.41) is 2.63. The van der Waals surface area contributed by atoms with E-state index in [1.165, 1.54) is 33.0 Å². The standard InChI is InChI=1S/C19H16Br2/c1-12-7-9-17(18(20)11-12)19(21)16-10-8-13(2)14-5-3-4-6-15(14)16/h3-11,19H,1-2H3. The number of fused-ring (bicyclic) bond motifs is 1. The molecule has 3 rings (SSSR count). The van der Waals surface area contributed by atoms with Gasteiger partial charge >= 0.3 is 0 Å². The molecule has 3 aromatic rings. The quantitative estimate of drug-likeness (QED) is 0.417. The van der Waals surface area contributed by atoms with Crippen molar-refractivity contribution in [1.82, 2.24) is 0 Å². The van der Waals surface area contributed by atoms with Crippen LogP contribution >= 0.6 is 31.9 Å². The summed E-state index contributed by atoms with van der Waals surface area (Å²) < 4.78 is 1.15. The Balaban J connectivity index is 2.18. The van der Waals surface area contributed by atoms with Crippen LogP contribution in [0.1, 0.15) is 27.1 Å². The fraction of sp³-hybridized carbons (Fsp3) is 0.158. The molecule has 0 spiro atoms. The minimum atomic E-state index is 0.179. The molecule has 0 saturated heterocycles. The van der Waals surface area contributed by atoms with E-state index in [1.807, 2.05) is 0 Å². The Morgan fingerprint density at radius 2 is 1.48 bits per heavy atom. The minimum Gasteiger partial charge on any atom is -0.0786 e. The van der Waals surface area contributed by atoms with Crippen molar-refractivity contribution in [1.29, 1.82) is 0 Å². The predicted octanol–water partition coefficient (Wildman–Crippen LogP) is 6.70. The van der Waals surface area contributed by atoms with Crippen molar-refractivity contribution in [2.45, 2.75) is 18.7 Å². The summed E-state index contributed by atoms with van der Waals surface area (Å²) in [5.41, 5.74) is 5.14. The van der Waals surface area contributed by atoms with Crippen LogP contribution in [-0.2, 0) is 0 Å². The van der Waals surface area contributed by atoms with E-state index in [2.05, 4.69) is 100 Å². The Hall–Kier alpha value is -1.12. The van der Waals surface area contributed by atoms with Gasteiger partial charge in [-0.05, 0) is 52.9 Å². The molecular formula is C19H16Br2. The van der Waals surface area contributed by atoms with Crippen LogP contribution in [-0.4, -0.2) is 0 Å². The molecule has 21 heavy (non-hydrogen) atoms. The Bertz CT molecular complexity index is 806. The van der Waals surface area contributed by atoms with Crippen LogP contribution in [0.3, 0.4) is 0 Å². The minimum absolute atomic E-state index is 0.179. The van der Waals surface area contributed by atoms with Gasteiger partial charge in [0.25, 0.3) is 0 Å². The Morgan fingerprint density at radius 1 is 0.810 bits per heavy atom. The first kappa shape index (κ1) is 14.8. The van der Waals surface area contributed by atoms with Gasteiger partial charge < -0.3 is 0 Å². The molecule has 0 heterocycles. The van der Waals surface area contributed by atoms with Gasteiger partial charge in [0.2, 0.25) is 0 Å². The van der Waals surface area contributed by atoms with Crippen molar-refractivity contribution in [2.75, 3.05) is 0 Å². The third kappa shape index (κ3) is 2.79. The normalized spacial score (nSPS) is 12.6. The third-order valence-corrected chi connectivity index (χ3v) is 5.55. The van der Waals surface area contributed by atoms with Crippen LogP contribution in [0.25, 0.3) is 10.8 Å². The van der Waals surface area contributed by atoms with Gasteiger partial charge in [-0.2, -0.15) is 0 Å². The molecule has 0 nitrogen and oxygen atoms in total. The molecule has 1 unspecified atom stereocenters. The number of aryl methyl sites for hydroxylation is 2. The van der Waals surface area contributed by atoms with Crippen LogP contribution in [0, 0.1) is 13.8 Å². The summed E-state index contributed by atoms with van der Waals surface area (Å²) in [5.74, 6) is 0. The first-order valence-corrected chi connectivity index (χ1v) is 8.67. The second-order valence-corrected chi connectivity index (χ2v) is 7.17. The lowest BCUT2D eigenvalue weighted by Gasteiger charge is -2.17. The number of hydrogen-bond acceptors (Lipinski definition) is 0. The molecule has 0 aliphatic rings. The lowest BCUT2D eigenvalue weighted by molar-refractivity contribution is 1.17. The zero-order valence-corrected chi connectivity index (χ0v) is 15.2. The number of hydrogen-bond donors (Lipinski definition) is 0. The lowest BCUT2D eigenvalue weighted by Crippen LogP contribution is -1.96. The summed E-state index contributed by atoms with van der Waals surface area (Å²) >= 11 is 7.58. The smallest absolute Gasteiger partial charge is 0.0661 e. The molecular weight excluding hydrogens is 388 g/mol. The molecule has 2 heteroatoms. The average Bonchev–Trinajstić information content (AvgIpc) is 2.47. The summed E-state index contributed by atoms with van der Waals surface area (Å²) in [6.45, 7) is 4.27. The van der Waals surface area contributed by atoms with Crippen molar-refractivity contribution < 1.29 is 0 Å². The van der Waals surface area contributed by atoms with Gasteiger partial charge in [0.1, 0.15) is 0 Å². The van der Waals surface area contributed by atoms with Gasteiger partial charge in [0.05, 0.1) is 4.83 Å². The average molecular weight is 404 g/mol.